The Morgan fingerprint density at radius 1 is 1.26 bits per heavy atom. The predicted molar refractivity (Wildman–Crippen MR) is 84.6 cm³/mol. The first-order valence-corrected chi connectivity index (χ1v) is 10.2. The van der Waals surface area contributed by atoms with Gasteiger partial charge in [0.05, 0.1) is 0 Å². The fraction of sp³-hybridized carbons (Fsp3) is 0.538. The van der Waals surface area contributed by atoms with Crippen molar-refractivity contribution in [2.75, 3.05) is 22.7 Å². The minimum atomic E-state index is -2.96. The summed E-state index contributed by atoms with van der Waals surface area (Å²) in [4.78, 5) is 0. The van der Waals surface area contributed by atoms with Gasteiger partial charge in [-0.2, -0.15) is 0 Å². The van der Waals surface area contributed by atoms with E-state index < -0.39 is 9.84 Å². The van der Waals surface area contributed by atoms with Gasteiger partial charge in [-0.1, -0.05) is 44.0 Å². The molecular formula is C13H17Br2FO2S. The molecule has 0 N–H and O–H groups in total. The number of halogens is 3. The van der Waals surface area contributed by atoms with Gasteiger partial charge >= 0.3 is 0 Å². The third-order valence-corrected chi connectivity index (χ3v) is 6.30. The van der Waals surface area contributed by atoms with Gasteiger partial charge in [0.2, 0.25) is 0 Å². The molecule has 0 saturated carbocycles. The second kappa shape index (κ2) is 7.18. The molecule has 0 amide bonds. The van der Waals surface area contributed by atoms with E-state index in [1.54, 1.807) is 6.07 Å². The lowest BCUT2D eigenvalue weighted by atomic mass is 9.80. The summed E-state index contributed by atoms with van der Waals surface area (Å²) >= 11 is 6.95. The fourth-order valence-corrected chi connectivity index (χ4v) is 4.76. The van der Waals surface area contributed by atoms with Gasteiger partial charge in [-0.3, -0.25) is 0 Å². The van der Waals surface area contributed by atoms with Gasteiger partial charge in [0.15, 0.2) is 0 Å². The van der Waals surface area contributed by atoms with Crippen LogP contribution in [0.15, 0.2) is 24.3 Å². The molecule has 0 unspecified atom stereocenters. The van der Waals surface area contributed by atoms with Crippen LogP contribution in [-0.4, -0.2) is 31.1 Å². The average Bonchev–Trinajstić information content (AvgIpc) is 2.34. The summed E-state index contributed by atoms with van der Waals surface area (Å²) in [6.07, 6.45) is 2.48. The molecule has 0 bridgehead atoms. The summed E-state index contributed by atoms with van der Waals surface area (Å²) in [5, 5.41) is 1.30. The lowest BCUT2D eigenvalue weighted by molar-refractivity contribution is 0.490. The number of hydrogen-bond acceptors (Lipinski definition) is 2. The van der Waals surface area contributed by atoms with E-state index in [-0.39, 0.29) is 17.0 Å². The zero-order valence-electron chi connectivity index (χ0n) is 10.7. The van der Waals surface area contributed by atoms with E-state index in [1.165, 1.54) is 18.4 Å². The molecule has 2 nitrogen and oxygen atoms in total. The number of benzene rings is 1. The highest BCUT2D eigenvalue weighted by molar-refractivity contribution is 9.09. The molecule has 0 aliphatic carbocycles. The van der Waals surface area contributed by atoms with Crippen molar-refractivity contribution >= 4 is 41.7 Å². The molecular weight excluding hydrogens is 399 g/mol. The quantitative estimate of drug-likeness (QED) is 0.636. The van der Waals surface area contributed by atoms with Crippen molar-refractivity contribution < 1.29 is 12.8 Å². The van der Waals surface area contributed by atoms with Crippen molar-refractivity contribution in [3.8, 4) is 0 Å². The first-order valence-electron chi connectivity index (χ1n) is 5.89. The van der Waals surface area contributed by atoms with Crippen LogP contribution >= 0.6 is 31.9 Å². The van der Waals surface area contributed by atoms with E-state index in [4.69, 9.17) is 0 Å². The van der Waals surface area contributed by atoms with Crippen LogP contribution in [0.25, 0.3) is 0 Å². The predicted octanol–water partition coefficient (Wildman–Crippen LogP) is 3.68. The molecule has 1 rings (SSSR count). The molecule has 0 saturated heterocycles. The number of sulfone groups is 1. The van der Waals surface area contributed by atoms with Crippen LogP contribution in [-0.2, 0) is 15.3 Å². The van der Waals surface area contributed by atoms with E-state index >= 15 is 0 Å². The molecule has 19 heavy (non-hydrogen) atoms. The SMILES string of the molecule is CS(=O)(=O)CCCC(CBr)(CBr)c1cccc(F)c1. The molecule has 0 spiro atoms. The van der Waals surface area contributed by atoms with Crippen LogP contribution in [0.2, 0.25) is 0 Å². The van der Waals surface area contributed by atoms with Crippen LogP contribution < -0.4 is 0 Å². The van der Waals surface area contributed by atoms with Crippen molar-refractivity contribution in [3.63, 3.8) is 0 Å². The van der Waals surface area contributed by atoms with Gasteiger partial charge in [0, 0.05) is 28.1 Å². The zero-order valence-corrected chi connectivity index (χ0v) is 14.7. The summed E-state index contributed by atoms with van der Waals surface area (Å²) in [6.45, 7) is 0. The van der Waals surface area contributed by atoms with Gasteiger partial charge < -0.3 is 0 Å². The van der Waals surface area contributed by atoms with E-state index in [2.05, 4.69) is 31.9 Å². The minimum absolute atomic E-state index is 0.157. The molecule has 0 aliphatic rings. The Morgan fingerprint density at radius 2 is 1.89 bits per heavy atom. The first kappa shape index (κ1) is 17.1. The molecule has 1 aromatic carbocycles. The van der Waals surface area contributed by atoms with E-state index in [0.717, 1.165) is 5.56 Å². The van der Waals surface area contributed by atoms with Gasteiger partial charge in [0.25, 0.3) is 0 Å². The maximum atomic E-state index is 13.4. The maximum Gasteiger partial charge on any atom is 0.147 e. The second-order valence-corrected chi connectivity index (χ2v) is 8.17. The molecule has 6 heteroatoms. The summed E-state index contributed by atoms with van der Waals surface area (Å²) in [6, 6.07) is 6.49. The largest absolute Gasteiger partial charge is 0.229 e. The van der Waals surface area contributed by atoms with Crippen molar-refractivity contribution in [3.05, 3.63) is 35.6 Å². The standard InChI is InChI=1S/C13H17Br2FO2S/c1-19(17,18)7-3-6-13(9-14,10-15)11-4-2-5-12(16)8-11/h2,4-5,8H,3,6-7,9-10H2,1H3. The highest BCUT2D eigenvalue weighted by Crippen LogP contribution is 2.34. The highest BCUT2D eigenvalue weighted by atomic mass is 79.9. The molecule has 1 aromatic rings. The first-order chi connectivity index (χ1) is 8.83. The Labute approximate surface area is 131 Å². The van der Waals surface area contributed by atoms with Crippen LogP contribution in [0.4, 0.5) is 4.39 Å². The smallest absolute Gasteiger partial charge is 0.147 e. The molecule has 0 radical (unpaired) electrons. The van der Waals surface area contributed by atoms with E-state index in [0.29, 0.717) is 23.5 Å². The van der Waals surface area contributed by atoms with E-state index in [9.17, 15) is 12.8 Å². The highest BCUT2D eigenvalue weighted by Gasteiger charge is 2.30. The zero-order chi connectivity index (χ0) is 14.5. The lowest BCUT2D eigenvalue weighted by Gasteiger charge is -2.30. The third kappa shape index (κ3) is 5.16. The normalized spacial score (nSPS) is 12.6. The van der Waals surface area contributed by atoms with Crippen molar-refractivity contribution in [2.24, 2.45) is 0 Å². The van der Waals surface area contributed by atoms with E-state index in [1.807, 2.05) is 6.07 Å². The Kier molecular flexibility index (Phi) is 6.47. The van der Waals surface area contributed by atoms with Gasteiger partial charge in [-0.15, -0.1) is 0 Å². The Bertz CT molecular complexity index is 513. The Balaban J connectivity index is 2.91. The van der Waals surface area contributed by atoms with Crippen molar-refractivity contribution in [1.82, 2.24) is 0 Å². The molecule has 0 atom stereocenters. The van der Waals surface area contributed by atoms with Crippen LogP contribution in [0, 0.1) is 5.82 Å². The molecule has 0 heterocycles. The van der Waals surface area contributed by atoms with Gasteiger partial charge in [0.1, 0.15) is 15.7 Å². The third-order valence-electron chi connectivity index (χ3n) is 3.12. The van der Waals surface area contributed by atoms with Crippen LogP contribution in [0.3, 0.4) is 0 Å². The second-order valence-electron chi connectivity index (χ2n) is 4.79. The summed E-state index contributed by atoms with van der Waals surface area (Å²) < 4.78 is 35.8. The number of rotatable bonds is 7. The minimum Gasteiger partial charge on any atom is -0.229 e. The Morgan fingerprint density at radius 3 is 2.37 bits per heavy atom. The monoisotopic (exact) mass is 414 g/mol. The number of alkyl halides is 2. The van der Waals surface area contributed by atoms with Gasteiger partial charge in [-0.25, -0.2) is 12.8 Å². The molecule has 0 aromatic heterocycles. The van der Waals surface area contributed by atoms with Gasteiger partial charge in [-0.05, 0) is 30.5 Å². The van der Waals surface area contributed by atoms with Crippen molar-refractivity contribution in [2.45, 2.75) is 18.3 Å². The summed E-state index contributed by atoms with van der Waals surface area (Å²) in [5.74, 6) is -0.115. The topological polar surface area (TPSA) is 34.1 Å². The lowest BCUT2D eigenvalue weighted by Crippen LogP contribution is -2.31. The average molecular weight is 416 g/mol. The molecule has 0 aliphatic heterocycles. The molecule has 0 fully saturated rings. The molecule has 108 valence electrons. The fourth-order valence-electron chi connectivity index (χ4n) is 1.96. The Hall–Kier alpha value is 0.0600. The van der Waals surface area contributed by atoms with Crippen LogP contribution in [0.1, 0.15) is 18.4 Å². The summed E-state index contributed by atoms with van der Waals surface area (Å²) in [5.41, 5.74) is 0.599. The van der Waals surface area contributed by atoms with Crippen LogP contribution in [0.5, 0.6) is 0 Å². The summed E-state index contributed by atoms with van der Waals surface area (Å²) in [7, 11) is -2.96. The van der Waals surface area contributed by atoms with Crippen molar-refractivity contribution in [1.29, 1.82) is 0 Å². The maximum absolute atomic E-state index is 13.4. The number of hydrogen-bond donors (Lipinski definition) is 0.